The number of anilines is 4. The Morgan fingerprint density at radius 2 is 1.86 bits per heavy atom. The molecule has 3 aromatic rings. The van der Waals surface area contributed by atoms with Crippen LogP contribution in [0.1, 0.15) is 10.4 Å². The van der Waals surface area contributed by atoms with Crippen molar-refractivity contribution in [3.05, 3.63) is 48.2 Å². The molecule has 28 heavy (non-hydrogen) atoms. The summed E-state index contributed by atoms with van der Waals surface area (Å²) >= 11 is 0. The summed E-state index contributed by atoms with van der Waals surface area (Å²) in [5.41, 5.74) is 13.5. The summed E-state index contributed by atoms with van der Waals surface area (Å²) < 4.78 is 6.76. The molecule has 0 radical (unpaired) electrons. The van der Waals surface area contributed by atoms with E-state index < -0.39 is 5.91 Å². The van der Waals surface area contributed by atoms with Crippen molar-refractivity contribution in [1.82, 2.24) is 19.7 Å². The van der Waals surface area contributed by atoms with Gasteiger partial charge in [-0.15, -0.1) is 5.10 Å². The molecule has 2 aromatic heterocycles. The number of carbonyl (C=O) groups is 1. The van der Waals surface area contributed by atoms with Crippen LogP contribution in [0.4, 0.5) is 23.3 Å². The second kappa shape index (κ2) is 7.53. The highest BCUT2D eigenvalue weighted by Gasteiger charge is 2.13. The van der Waals surface area contributed by atoms with Crippen molar-refractivity contribution < 1.29 is 9.53 Å². The average molecular weight is 380 g/mol. The molecule has 1 fully saturated rings. The Morgan fingerprint density at radius 1 is 1.11 bits per heavy atom. The van der Waals surface area contributed by atoms with Gasteiger partial charge in [0.25, 0.3) is 0 Å². The highest BCUT2D eigenvalue weighted by atomic mass is 16.5. The number of benzene rings is 1. The average Bonchev–Trinajstić information content (AvgIpc) is 3.09. The van der Waals surface area contributed by atoms with Crippen LogP contribution in [-0.4, -0.2) is 52.0 Å². The molecule has 3 heterocycles. The van der Waals surface area contributed by atoms with Crippen LogP contribution in [0.25, 0.3) is 5.82 Å². The number of primary amides is 1. The number of rotatable bonds is 5. The quantitative estimate of drug-likeness (QED) is 0.594. The van der Waals surface area contributed by atoms with Gasteiger partial charge < -0.3 is 26.4 Å². The lowest BCUT2D eigenvalue weighted by atomic mass is 10.2. The van der Waals surface area contributed by atoms with Crippen molar-refractivity contribution >= 4 is 29.2 Å². The zero-order valence-corrected chi connectivity index (χ0v) is 15.1. The van der Waals surface area contributed by atoms with E-state index in [9.17, 15) is 4.79 Å². The monoisotopic (exact) mass is 380 g/mol. The van der Waals surface area contributed by atoms with Crippen LogP contribution >= 0.6 is 0 Å². The molecule has 0 saturated carbocycles. The molecule has 144 valence electrons. The highest BCUT2D eigenvalue weighted by Crippen LogP contribution is 2.21. The van der Waals surface area contributed by atoms with E-state index in [0.717, 1.165) is 37.7 Å². The van der Waals surface area contributed by atoms with Crippen LogP contribution in [0.5, 0.6) is 0 Å². The van der Waals surface area contributed by atoms with E-state index in [0.29, 0.717) is 17.3 Å². The number of nitrogens with zero attached hydrogens (tertiary/aromatic N) is 5. The first-order valence-electron chi connectivity index (χ1n) is 8.79. The first kappa shape index (κ1) is 17.7. The molecule has 4 rings (SSSR count). The molecule has 10 heteroatoms. The molecule has 0 atom stereocenters. The lowest BCUT2D eigenvalue weighted by molar-refractivity contribution is 0.1000. The normalized spacial score (nSPS) is 14.1. The molecule has 0 bridgehead atoms. The third-order valence-electron chi connectivity index (χ3n) is 4.38. The molecule has 1 amide bonds. The zero-order valence-electron chi connectivity index (χ0n) is 15.1. The number of nitrogen functional groups attached to an aromatic ring is 1. The number of aromatic nitrogens is 4. The van der Waals surface area contributed by atoms with Crippen molar-refractivity contribution in [3.63, 3.8) is 0 Å². The van der Waals surface area contributed by atoms with E-state index in [1.807, 2.05) is 24.3 Å². The molecule has 1 aromatic carbocycles. The summed E-state index contributed by atoms with van der Waals surface area (Å²) in [4.78, 5) is 21.8. The van der Waals surface area contributed by atoms with E-state index in [1.165, 1.54) is 10.9 Å². The largest absolute Gasteiger partial charge is 0.378 e. The summed E-state index contributed by atoms with van der Waals surface area (Å²) in [5, 5.41) is 7.45. The first-order valence-corrected chi connectivity index (χ1v) is 8.79. The molecular weight excluding hydrogens is 360 g/mol. The minimum atomic E-state index is -0.548. The minimum Gasteiger partial charge on any atom is -0.378 e. The van der Waals surface area contributed by atoms with Gasteiger partial charge in [0, 0.05) is 30.7 Å². The van der Waals surface area contributed by atoms with E-state index in [-0.39, 0.29) is 5.95 Å². The van der Waals surface area contributed by atoms with Crippen molar-refractivity contribution in [1.29, 1.82) is 0 Å². The number of pyridine rings is 1. The van der Waals surface area contributed by atoms with Crippen LogP contribution in [0.15, 0.2) is 42.6 Å². The Balaban J connectivity index is 1.48. The van der Waals surface area contributed by atoms with Gasteiger partial charge in [-0.2, -0.15) is 9.67 Å². The van der Waals surface area contributed by atoms with E-state index >= 15 is 0 Å². The summed E-state index contributed by atoms with van der Waals surface area (Å²) in [6.07, 6.45) is 1.37. The molecule has 0 aliphatic carbocycles. The Morgan fingerprint density at radius 3 is 2.50 bits per heavy atom. The maximum Gasteiger partial charge on any atom is 0.250 e. The van der Waals surface area contributed by atoms with E-state index in [1.54, 1.807) is 12.1 Å². The topological polar surface area (TPSA) is 137 Å². The molecule has 0 spiro atoms. The number of morpholine rings is 1. The fourth-order valence-electron chi connectivity index (χ4n) is 2.91. The van der Waals surface area contributed by atoms with Crippen LogP contribution in [0.2, 0.25) is 0 Å². The van der Waals surface area contributed by atoms with Crippen molar-refractivity contribution in [2.45, 2.75) is 0 Å². The van der Waals surface area contributed by atoms with Gasteiger partial charge in [0.15, 0.2) is 5.82 Å². The second-order valence-electron chi connectivity index (χ2n) is 6.25. The van der Waals surface area contributed by atoms with Gasteiger partial charge in [-0.05, 0) is 36.4 Å². The van der Waals surface area contributed by atoms with Crippen LogP contribution < -0.4 is 21.7 Å². The lowest BCUT2D eigenvalue weighted by Gasteiger charge is -2.28. The van der Waals surface area contributed by atoms with Gasteiger partial charge in [-0.25, -0.2) is 4.98 Å². The summed E-state index contributed by atoms with van der Waals surface area (Å²) in [6.45, 7) is 3.26. The van der Waals surface area contributed by atoms with Crippen molar-refractivity contribution in [3.8, 4) is 5.82 Å². The number of nitrogens with two attached hydrogens (primary N) is 2. The number of amides is 1. The fourth-order valence-corrected chi connectivity index (χ4v) is 2.91. The predicted molar refractivity (Wildman–Crippen MR) is 105 cm³/mol. The summed E-state index contributed by atoms with van der Waals surface area (Å²) in [5.74, 6) is 0.406. The molecule has 1 aliphatic heterocycles. The smallest absolute Gasteiger partial charge is 0.250 e. The minimum absolute atomic E-state index is 0.173. The van der Waals surface area contributed by atoms with Crippen molar-refractivity contribution in [2.24, 2.45) is 5.73 Å². The summed E-state index contributed by atoms with van der Waals surface area (Å²) in [6, 6.07) is 11.2. The van der Waals surface area contributed by atoms with E-state index in [4.69, 9.17) is 16.2 Å². The molecule has 1 saturated heterocycles. The third-order valence-corrected chi connectivity index (χ3v) is 4.38. The maximum atomic E-state index is 11.2. The van der Waals surface area contributed by atoms with Crippen LogP contribution in [0, 0.1) is 0 Å². The highest BCUT2D eigenvalue weighted by molar-refractivity contribution is 5.92. The third kappa shape index (κ3) is 3.71. The molecule has 5 N–H and O–H groups in total. The Bertz CT molecular complexity index is 962. The Hall–Kier alpha value is -3.66. The van der Waals surface area contributed by atoms with Gasteiger partial charge >= 0.3 is 0 Å². The summed E-state index contributed by atoms with van der Waals surface area (Å²) in [7, 11) is 0. The van der Waals surface area contributed by atoms with Crippen molar-refractivity contribution in [2.75, 3.05) is 42.3 Å². The van der Waals surface area contributed by atoms with Crippen LogP contribution in [0.3, 0.4) is 0 Å². The SMILES string of the molecule is NC(=O)c1ccc(-n2nc(Nc3ccc(N4CCOCC4)cc3)nc2N)nc1. The number of nitrogens with one attached hydrogen (secondary N) is 1. The Labute approximate surface area is 161 Å². The van der Waals surface area contributed by atoms with Gasteiger partial charge in [0.2, 0.25) is 17.8 Å². The van der Waals surface area contributed by atoms with Crippen LogP contribution in [-0.2, 0) is 4.74 Å². The first-order chi connectivity index (χ1) is 13.6. The maximum absolute atomic E-state index is 11.2. The Kier molecular flexibility index (Phi) is 4.77. The number of hydrogen-bond acceptors (Lipinski definition) is 8. The lowest BCUT2D eigenvalue weighted by Crippen LogP contribution is -2.36. The predicted octanol–water partition coefficient (Wildman–Crippen LogP) is 0.924. The fraction of sp³-hybridized carbons (Fsp3) is 0.222. The van der Waals surface area contributed by atoms with Gasteiger partial charge in [-0.3, -0.25) is 4.79 Å². The van der Waals surface area contributed by atoms with E-state index in [2.05, 4.69) is 25.3 Å². The number of hydrogen-bond donors (Lipinski definition) is 3. The number of ether oxygens (including phenoxy) is 1. The number of carbonyl (C=O) groups excluding carboxylic acids is 1. The molecular formula is C18H20N8O2. The van der Waals surface area contributed by atoms with Gasteiger partial charge in [-0.1, -0.05) is 0 Å². The zero-order chi connectivity index (χ0) is 19.5. The standard InChI is InChI=1S/C18H20N8O2/c19-16(27)12-1-6-15(21-11-12)26-17(20)23-18(24-26)22-13-2-4-14(5-3-13)25-7-9-28-10-8-25/h1-6,11H,7-10H2,(H2,19,27)(H3,20,22,23,24). The molecule has 0 unspecified atom stereocenters. The van der Waals surface area contributed by atoms with Gasteiger partial charge in [0.1, 0.15) is 0 Å². The second-order valence-corrected chi connectivity index (χ2v) is 6.25. The molecule has 10 nitrogen and oxygen atoms in total. The molecule has 1 aliphatic rings. The van der Waals surface area contributed by atoms with Gasteiger partial charge in [0.05, 0.1) is 18.8 Å².